The lowest BCUT2D eigenvalue weighted by atomic mass is 10.0. The molecule has 8 nitrogen and oxygen atoms in total. The molecule has 3 aromatic rings. The molecule has 1 atom stereocenters. The molecule has 1 aliphatic heterocycles. The number of nitrogens with one attached hydrogen (secondary N) is 2. The van der Waals surface area contributed by atoms with Crippen LogP contribution >= 0.6 is 0 Å². The van der Waals surface area contributed by atoms with Crippen LogP contribution in [0.5, 0.6) is 0 Å². The van der Waals surface area contributed by atoms with Crippen LogP contribution in [-0.4, -0.2) is 38.7 Å². The molecule has 2 aromatic heterocycles. The maximum Gasteiger partial charge on any atom is 0.261 e. The number of amides is 1. The van der Waals surface area contributed by atoms with Gasteiger partial charge in [-0.25, -0.2) is 0 Å². The average molecular weight is 445 g/mol. The third-order valence-electron chi connectivity index (χ3n) is 6.77. The molecule has 1 saturated carbocycles. The number of pyridine rings is 1. The fraction of sp³-hybridized carbons (Fsp3) is 0.440. The van der Waals surface area contributed by atoms with E-state index in [9.17, 15) is 14.9 Å². The minimum Gasteiger partial charge on any atom is -0.339 e. The van der Waals surface area contributed by atoms with Gasteiger partial charge in [0.05, 0.1) is 24.0 Å². The number of carbonyl (C=O) groups excluding carboxylic acids is 1. The van der Waals surface area contributed by atoms with Crippen LogP contribution in [0.15, 0.2) is 35.3 Å². The van der Waals surface area contributed by atoms with Gasteiger partial charge in [-0.15, -0.1) is 0 Å². The van der Waals surface area contributed by atoms with E-state index in [4.69, 9.17) is 5.10 Å². The smallest absolute Gasteiger partial charge is 0.261 e. The highest BCUT2D eigenvalue weighted by molar-refractivity contribution is 5.96. The minimum atomic E-state index is -0.221. The fourth-order valence-corrected chi connectivity index (χ4v) is 4.85. The Morgan fingerprint density at radius 3 is 2.76 bits per heavy atom. The van der Waals surface area contributed by atoms with Crippen LogP contribution in [0.1, 0.15) is 60.5 Å². The molecule has 1 amide bonds. The van der Waals surface area contributed by atoms with E-state index in [2.05, 4.69) is 16.4 Å². The van der Waals surface area contributed by atoms with E-state index >= 15 is 0 Å². The molecular formula is C25H28N6O2. The van der Waals surface area contributed by atoms with Crippen molar-refractivity contribution in [2.75, 3.05) is 18.4 Å². The van der Waals surface area contributed by atoms with E-state index in [0.717, 1.165) is 55.5 Å². The molecule has 2 N–H and O–H groups in total. The van der Waals surface area contributed by atoms with E-state index < -0.39 is 0 Å². The summed E-state index contributed by atoms with van der Waals surface area (Å²) in [6.45, 7) is 3.56. The van der Waals surface area contributed by atoms with Crippen molar-refractivity contribution in [3.63, 3.8) is 0 Å². The van der Waals surface area contributed by atoms with Gasteiger partial charge in [-0.05, 0) is 74.8 Å². The summed E-state index contributed by atoms with van der Waals surface area (Å²) in [5.41, 5.74) is 2.86. The highest BCUT2D eigenvalue weighted by atomic mass is 16.2. The Kier molecular flexibility index (Phi) is 5.63. The lowest BCUT2D eigenvalue weighted by Gasteiger charge is -2.27. The zero-order chi connectivity index (χ0) is 22.9. The molecule has 0 spiro atoms. The molecule has 2 fully saturated rings. The van der Waals surface area contributed by atoms with Gasteiger partial charge in [-0.1, -0.05) is 0 Å². The number of aromatic amines is 1. The van der Waals surface area contributed by atoms with Crippen molar-refractivity contribution in [3.05, 3.63) is 51.9 Å². The third-order valence-corrected chi connectivity index (χ3v) is 6.77. The number of rotatable bonds is 6. The monoisotopic (exact) mass is 444 g/mol. The summed E-state index contributed by atoms with van der Waals surface area (Å²) in [6, 6.07) is 9.71. The molecule has 3 heterocycles. The summed E-state index contributed by atoms with van der Waals surface area (Å²) in [4.78, 5) is 30.3. The zero-order valence-electron chi connectivity index (χ0n) is 18.8. The quantitative estimate of drug-likeness (QED) is 0.591. The molecule has 33 heavy (non-hydrogen) atoms. The van der Waals surface area contributed by atoms with Crippen LogP contribution in [-0.2, 0) is 0 Å². The van der Waals surface area contributed by atoms with Gasteiger partial charge in [0, 0.05) is 30.5 Å². The van der Waals surface area contributed by atoms with Crippen molar-refractivity contribution >= 4 is 28.3 Å². The number of H-pyrrole nitrogens is 1. The fourth-order valence-electron chi connectivity index (χ4n) is 4.85. The van der Waals surface area contributed by atoms with Gasteiger partial charge in [0.15, 0.2) is 5.82 Å². The van der Waals surface area contributed by atoms with E-state index in [1.807, 2.05) is 40.8 Å². The molecule has 5 rings (SSSR count). The largest absolute Gasteiger partial charge is 0.339 e. The van der Waals surface area contributed by atoms with Crippen molar-refractivity contribution in [1.82, 2.24) is 19.7 Å². The predicted molar refractivity (Wildman–Crippen MR) is 127 cm³/mol. The van der Waals surface area contributed by atoms with Crippen LogP contribution in [0.2, 0.25) is 0 Å². The summed E-state index contributed by atoms with van der Waals surface area (Å²) < 4.78 is 1.84. The molecule has 1 aliphatic carbocycles. The van der Waals surface area contributed by atoms with Crippen LogP contribution < -0.4 is 10.9 Å². The first kappa shape index (κ1) is 21.3. The first-order valence-electron chi connectivity index (χ1n) is 11.7. The Morgan fingerprint density at radius 2 is 2.06 bits per heavy atom. The van der Waals surface area contributed by atoms with Gasteiger partial charge >= 0.3 is 0 Å². The van der Waals surface area contributed by atoms with Gasteiger partial charge in [0.25, 0.3) is 11.5 Å². The summed E-state index contributed by atoms with van der Waals surface area (Å²) in [7, 11) is 0. The number of hydrogen-bond donors (Lipinski definition) is 2. The first-order chi connectivity index (χ1) is 16.1. The van der Waals surface area contributed by atoms with E-state index in [1.54, 1.807) is 6.20 Å². The number of aromatic nitrogens is 3. The molecule has 0 radical (unpaired) electrons. The Balaban J connectivity index is 1.47. The number of carbonyl (C=O) groups is 1. The molecule has 8 heteroatoms. The Labute approximate surface area is 192 Å². The lowest BCUT2D eigenvalue weighted by molar-refractivity contribution is 0.0723. The van der Waals surface area contributed by atoms with E-state index in [1.165, 1.54) is 6.42 Å². The second-order valence-corrected chi connectivity index (χ2v) is 9.13. The van der Waals surface area contributed by atoms with E-state index in [-0.39, 0.29) is 17.5 Å². The summed E-state index contributed by atoms with van der Waals surface area (Å²) >= 11 is 0. The number of likely N-dealkylation sites (tertiary alicyclic amines) is 1. The topological polar surface area (TPSA) is 107 Å². The van der Waals surface area contributed by atoms with Crippen molar-refractivity contribution in [1.29, 1.82) is 5.26 Å². The summed E-state index contributed by atoms with van der Waals surface area (Å²) in [6.07, 6.45) is 7.43. The van der Waals surface area contributed by atoms with E-state index in [0.29, 0.717) is 29.1 Å². The van der Waals surface area contributed by atoms with Gasteiger partial charge in [-0.3, -0.25) is 14.3 Å². The van der Waals surface area contributed by atoms with Crippen molar-refractivity contribution < 1.29 is 4.79 Å². The SMILES string of the molecule is Cc1cc(Nc2nn(C(CC#N)C3CC3)c3cc[nH]c(=O)c23)ccc1C(=O)N1CCCCC1. The number of hydrogen-bond acceptors (Lipinski definition) is 5. The number of fused-ring (bicyclic) bond motifs is 1. The molecule has 2 aliphatic rings. The number of piperidine rings is 1. The first-order valence-corrected chi connectivity index (χ1v) is 11.7. The molecule has 170 valence electrons. The summed E-state index contributed by atoms with van der Waals surface area (Å²) in [5, 5.41) is 17.8. The minimum absolute atomic E-state index is 0.0406. The van der Waals surface area contributed by atoms with Crippen LogP contribution in [0.3, 0.4) is 0 Å². The number of nitriles is 1. The Bertz CT molecular complexity index is 1290. The van der Waals surface area contributed by atoms with Gasteiger partial charge in [-0.2, -0.15) is 10.4 Å². The number of aryl methyl sites for hydroxylation is 1. The highest BCUT2D eigenvalue weighted by Gasteiger charge is 2.34. The maximum absolute atomic E-state index is 12.9. The van der Waals surface area contributed by atoms with Gasteiger partial charge in [0.1, 0.15) is 5.39 Å². The number of nitrogens with zero attached hydrogens (tertiary/aromatic N) is 4. The molecule has 1 aromatic carbocycles. The third kappa shape index (κ3) is 4.11. The van der Waals surface area contributed by atoms with Crippen LogP contribution in [0.25, 0.3) is 10.9 Å². The van der Waals surface area contributed by atoms with Crippen LogP contribution in [0, 0.1) is 24.2 Å². The van der Waals surface area contributed by atoms with Gasteiger partial charge in [0.2, 0.25) is 0 Å². The Hall–Kier alpha value is -3.60. The molecule has 0 bridgehead atoms. The lowest BCUT2D eigenvalue weighted by Crippen LogP contribution is -2.35. The number of benzene rings is 1. The molecular weight excluding hydrogens is 416 g/mol. The maximum atomic E-state index is 12.9. The highest BCUT2D eigenvalue weighted by Crippen LogP contribution is 2.43. The second-order valence-electron chi connectivity index (χ2n) is 9.13. The number of anilines is 2. The summed E-state index contributed by atoms with van der Waals surface area (Å²) in [5.74, 6) is 0.959. The predicted octanol–water partition coefficient (Wildman–Crippen LogP) is 4.27. The standard InChI is InChI=1S/C25H28N6O2/c1-16-15-18(7-8-19(16)25(33)30-13-3-2-4-14-30)28-23-22-21(10-12-27-24(22)32)31(29-23)20(9-11-26)17-5-6-17/h7-8,10,12,15,17,20H,2-6,9,13-14H2,1H3,(H,27,32)(H,28,29). The Morgan fingerprint density at radius 1 is 1.27 bits per heavy atom. The van der Waals surface area contributed by atoms with Crippen LogP contribution in [0.4, 0.5) is 11.5 Å². The van der Waals surface area contributed by atoms with Crippen molar-refractivity contribution in [2.45, 2.75) is 51.5 Å². The van der Waals surface area contributed by atoms with Crippen molar-refractivity contribution in [2.24, 2.45) is 5.92 Å². The molecule has 1 saturated heterocycles. The zero-order valence-corrected chi connectivity index (χ0v) is 18.8. The second kappa shape index (κ2) is 8.74. The van der Waals surface area contributed by atoms with Crippen molar-refractivity contribution in [3.8, 4) is 6.07 Å². The molecule has 1 unspecified atom stereocenters. The normalized spacial score (nSPS) is 17.0. The van der Waals surface area contributed by atoms with Gasteiger partial charge < -0.3 is 15.2 Å². The average Bonchev–Trinajstić information content (AvgIpc) is 3.60.